The summed E-state index contributed by atoms with van der Waals surface area (Å²) >= 11 is 0. The molecule has 1 atom stereocenters. The van der Waals surface area contributed by atoms with E-state index in [0.717, 1.165) is 19.0 Å². The highest BCUT2D eigenvalue weighted by atomic mass is 16.3. The lowest BCUT2D eigenvalue weighted by Crippen LogP contribution is -2.25. The van der Waals surface area contributed by atoms with E-state index < -0.39 is 0 Å². The zero-order valence-electron chi connectivity index (χ0n) is 15.0. The number of rotatable bonds is 16. The monoisotopic (exact) mass is 299 g/mol. The van der Waals surface area contributed by atoms with Gasteiger partial charge in [-0.3, -0.25) is 0 Å². The summed E-state index contributed by atoms with van der Waals surface area (Å²) in [6.07, 6.45) is 16.5. The Kier molecular flexibility index (Phi) is 16.2. The van der Waals surface area contributed by atoms with Gasteiger partial charge in [-0.2, -0.15) is 0 Å². The number of hydrogen-bond donors (Lipinski definition) is 2. The van der Waals surface area contributed by atoms with Crippen LogP contribution in [0.2, 0.25) is 0 Å². The fraction of sp³-hybridized carbons (Fsp3) is 1.00. The van der Waals surface area contributed by atoms with Gasteiger partial charge in [-0.05, 0) is 25.8 Å². The smallest absolute Gasteiger partial charge is 0.0636 e. The number of aliphatic hydroxyl groups excluding tert-OH is 1. The number of unbranched alkanes of at least 4 members (excludes halogenated alkanes) is 8. The zero-order valence-corrected chi connectivity index (χ0v) is 15.0. The molecule has 2 heteroatoms. The molecule has 0 radical (unpaired) electrons. The first kappa shape index (κ1) is 20.9. The number of hydrogen-bond acceptors (Lipinski definition) is 2. The second-order valence-electron chi connectivity index (χ2n) is 6.71. The Morgan fingerprint density at radius 3 is 1.71 bits per heavy atom. The second kappa shape index (κ2) is 16.3. The van der Waals surface area contributed by atoms with Crippen molar-refractivity contribution in [1.82, 2.24) is 5.32 Å². The summed E-state index contributed by atoms with van der Waals surface area (Å²) in [7, 11) is 0. The van der Waals surface area contributed by atoms with E-state index in [-0.39, 0.29) is 6.10 Å². The van der Waals surface area contributed by atoms with Crippen LogP contribution in [-0.4, -0.2) is 24.3 Å². The summed E-state index contributed by atoms with van der Waals surface area (Å²) in [5, 5.41) is 12.4. The molecule has 0 aromatic carbocycles. The lowest BCUT2D eigenvalue weighted by atomic mass is 9.95. The summed E-state index contributed by atoms with van der Waals surface area (Å²) in [4.78, 5) is 0. The van der Waals surface area contributed by atoms with Gasteiger partial charge in [0, 0.05) is 6.54 Å². The zero-order chi connectivity index (χ0) is 15.8. The van der Waals surface area contributed by atoms with Crippen LogP contribution < -0.4 is 5.32 Å². The number of nitrogens with one attached hydrogen (secondary N) is 1. The summed E-state index contributed by atoms with van der Waals surface area (Å²) in [6, 6.07) is 0. The van der Waals surface area contributed by atoms with Gasteiger partial charge in [0.05, 0.1) is 6.10 Å². The third kappa shape index (κ3) is 16.1. The molecule has 0 saturated heterocycles. The summed E-state index contributed by atoms with van der Waals surface area (Å²) in [5.41, 5.74) is 0. The summed E-state index contributed by atoms with van der Waals surface area (Å²) in [5.74, 6) is 0.979. The van der Waals surface area contributed by atoms with Crippen molar-refractivity contribution >= 4 is 0 Å². The molecule has 0 aliphatic rings. The van der Waals surface area contributed by atoms with Crippen molar-refractivity contribution < 1.29 is 5.11 Å². The molecule has 0 rings (SSSR count). The first-order valence-corrected chi connectivity index (χ1v) is 9.59. The van der Waals surface area contributed by atoms with Crippen LogP contribution in [0.3, 0.4) is 0 Å². The number of aliphatic hydroxyl groups is 1. The van der Waals surface area contributed by atoms with E-state index in [4.69, 9.17) is 5.11 Å². The summed E-state index contributed by atoms with van der Waals surface area (Å²) in [6.45, 7) is 8.28. The maximum Gasteiger partial charge on any atom is 0.0636 e. The van der Waals surface area contributed by atoms with Crippen LogP contribution in [0.4, 0.5) is 0 Å². The predicted molar refractivity (Wildman–Crippen MR) is 94.8 cm³/mol. The van der Waals surface area contributed by atoms with Gasteiger partial charge in [-0.25, -0.2) is 0 Å². The lowest BCUT2D eigenvalue weighted by Gasteiger charge is -2.11. The first-order valence-electron chi connectivity index (χ1n) is 9.59. The molecule has 1 unspecified atom stereocenters. The fourth-order valence-corrected chi connectivity index (χ4v) is 2.93. The molecule has 128 valence electrons. The fourth-order valence-electron chi connectivity index (χ4n) is 2.93. The normalized spacial score (nSPS) is 13.0. The molecule has 0 spiro atoms. The molecular weight excluding hydrogens is 258 g/mol. The quantitative estimate of drug-likeness (QED) is 0.379. The SMILES string of the molecule is CCC(CC)CCCCCCCCCCCNCC(C)O. The van der Waals surface area contributed by atoms with Gasteiger partial charge in [0.1, 0.15) is 0 Å². The Morgan fingerprint density at radius 2 is 1.24 bits per heavy atom. The molecule has 21 heavy (non-hydrogen) atoms. The Hall–Kier alpha value is -0.0800. The maximum atomic E-state index is 9.11. The van der Waals surface area contributed by atoms with E-state index >= 15 is 0 Å². The van der Waals surface area contributed by atoms with Gasteiger partial charge in [0.2, 0.25) is 0 Å². The third-order valence-corrected chi connectivity index (χ3v) is 4.56. The average Bonchev–Trinajstić information content (AvgIpc) is 2.47. The minimum atomic E-state index is -0.213. The van der Waals surface area contributed by atoms with Crippen LogP contribution in [0.25, 0.3) is 0 Å². The van der Waals surface area contributed by atoms with Crippen molar-refractivity contribution in [2.75, 3.05) is 13.1 Å². The molecule has 2 nitrogen and oxygen atoms in total. The average molecular weight is 300 g/mol. The van der Waals surface area contributed by atoms with Crippen molar-refractivity contribution in [3.63, 3.8) is 0 Å². The largest absolute Gasteiger partial charge is 0.392 e. The molecular formula is C19H41NO. The van der Waals surface area contributed by atoms with Crippen molar-refractivity contribution in [2.24, 2.45) is 5.92 Å². The minimum absolute atomic E-state index is 0.213. The van der Waals surface area contributed by atoms with Gasteiger partial charge in [0.15, 0.2) is 0 Å². The van der Waals surface area contributed by atoms with E-state index in [2.05, 4.69) is 19.2 Å². The Labute approximate surface area is 134 Å². The van der Waals surface area contributed by atoms with Gasteiger partial charge in [-0.15, -0.1) is 0 Å². The van der Waals surface area contributed by atoms with E-state index in [1.165, 1.54) is 77.0 Å². The molecule has 0 aromatic heterocycles. The molecule has 0 amide bonds. The molecule has 0 heterocycles. The van der Waals surface area contributed by atoms with E-state index in [0.29, 0.717) is 0 Å². The van der Waals surface area contributed by atoms with Crippen molar-refractivity contribution in [2.45, 2.75) is 104 Å². The van der Waals surface area contributed by atoms with Crippen LogP contribution in [0, 0.1) is 5.92 Å². The first-order chi connectivity index (χ1) is 10.2. The van der Waals surface area contributed by atoms with Crippen molar-refractivity contribution in [1.29, 1.82) is 0 Å². The predicted octanol–water partition coefficient (Wildman–Crippen LogP) is 5.29. The molecule has 0 aliphatic heterocycles. The molecule has 0 bridgehead atoms. The second-order valence-corrected chi connectivity index (χ2v) is 6.71. The van der Waals surface area contributed by atoms with Crippen LogP contribution in [-0.2, 0) is 0 Å². The topological polar surface area (TPSA) is 32.3 Å². The standard InChI is InChI=1S/C19H41NO/c1-4-19(5-2)15-13-11-9-7-6-8-10-12-14-16-20-17-18(3)21/h18-21H,4-17H2,1-3H3. The van der Waals surface area contributed by atoms with E-state index in [1.54, 1.807) is 0 Å². The van der Waals surface area contributed by atoms with Crippen molar-refractivity contribution in [3.05, 3.63) is 0 Å². The van der Waals surface area contributed by atoms with Crippen LogP contribution in [0.15, 0.2) is 0 Å². The van der Waals surface area contributed by atoms with Crippen LogP contribution in [0.5, 0.6) is 0 Å². The minimum Gasteiger partial charge on any atom is -0.392 e. The van der Waals surface area contributed by atoms with Crippen LogP contribution >= 0.6 is 0 Å². The maximum absolute atomic E-state index is 9.11. The van der Waals surface area contributed by atoms with E-state index in [9.17, 15) is 0 Å². The van der Waals surface area contributed by atoms with Gasteiger partial charge in [0.25, 0.3) is 0 Å². The molecule has 2 N–H and O–H groups in total. The van der Waals surface area contributed by atoms with Gasteiger partial charge >= 0.3 is 0 Å². The molecule has 0 aliphatic carbocycles. The van der Waals surface area contributed by atoms with Crippen LogP contribution in [0.1, 0.15) is 97.8 Å². The van der Waals surface area contributed by atoms with Gasteiger partial charge < -0.3 is 10.4 Å². The van der Waals surface area contributed by atoms with Crippen molar-refractivity contribution in [3.8, 4) is 0 Å². The molecule has 0 aromatic rings. The highest BCUT2D eigenvalue weighted by molar-refractivity contribution is 4.56. The third-order valence-electron chi connectivity index (χ3n) is 4.56. The highest BCUT2D eigenvalue weighted by Crippen LogP contribution is 2.17. The Bertz CT molecular complexity index is 190. The molecule has 0 fully saturated rings. The highest BCUT2D eigenvalue weighted by Gasteiger charge is 2.02. The lowest BCUT2D eigenvalue weighted by molar-refractivity contribution is 0.191. The van der Waals surface area contributed by atoms with Gasteiger partial charge in [-0.1, -0.05) is 84.5 Å². The van der Waals surface area contributed by atoms with E-state index in [1.807, 2.05) is 6.92 Å². The Balaban J connectivity index is 3.06. The molecule has 0 saturated carbocycles. The summed E-state index contributed by atoms with van der Waals surface area (Å²) < 4.78 is 0. The Morgan fingerprint density at radius 1 is 0.762 bits per heavy atom.